The molecular formula is C13H10ClNO3S. The molecule has 6 heteroatoms. The van der Waals surface area contributed by atoms with Gasteiger partial charge in [0, 0.05) is 11.0 Å². The van der Waals surface area contributed by atoms with E-state index >= 15 is 0 Å². The molecular weight excluding hydrogens is 286 g/mol. The molecule has 2 rings (SSSR count). The largest absolute Gasteiger partial charge is 0.478 e. The Morgan fingerprint density at radius 2 is 2.00 bits per heavy atom. The van der Waals surface area contributed by atoms with Crippen molar-refractivity contribution in [3.63, 3.8) is 0 Å². The fourth-order valence-electron chi connectivity index (χ4n) is 1.41. The van der Waals surface area contributed by atoms with Crippen molar-refractivity contribution in [2.75, 3.05) is 6.26 Å². The van der Waals surface area contributed by atoms with E-state index in [2.05, 4.69) is 4.98 Å². The van der Waals surface area contributed by atoms with Crippen molar-refractivity contribution in [3.8, 4) is 11.6 Å². The zero-order valence-corrected chi connectivity index (χ0v) is 11.5. The quantitative estimate of drug-likeness (QED) is 0.683. The molecule has 98 valence electrons. The molecule has 0 saturated carbocycles. The Labute approximate surface area is 119 Å². The maximum atomic E-state index is 10.9. The fraction of sp³-hybridized carbons (Fsp3) is 0.0769. The van der Waals surface area contributed by atoms with E-state index in [9.17, 15) is 4.79 Å². The third-order valence-electron chi connectivity index (χ3n) is 2.30. The minimum Gasteiger partial charge on any atom is -0.478 e. The number of ether oxygens (including phenoxy) is 1. The summed E-state index contributed by atoms with van der Waals surface area (Å²) in [5.74, 6) is -0.349. The van der Waals surface area contributed by atoms with Crippen molar-refractivity contribution in [1.82, 2.24) is 4.98 Å². The van der Waals surface area contributed by atoms with Gasteiger partial charge in [-0.1, -0.05) is 11.6 Å². The van der Waals surface area contributed by atoms with Crippen LogP contribution >= 0.6 is 23.4 Å². The number of benzene rings is 1. The number of thioether (sulfide) groups is 1. The third kappa shape index (κ3) is 3.62. The predicted molar refractivity (Wildman–Crippen MR) is 74.5 cm³/mol. The maximum Gasteiger partial charge on any atom is 0.335 e. The van der Waals surface area contributed by atoms with Crippen LogP contribution in [0.5, 0.6) is 11.6 Å². The number of hydrogen-bond acceptors (Lipinski definition) is 4. The van der Waals surface area contributed by atoms with Crippen LogP contribution in [-0.4, -0.2) is 22.3 Å². The SMILES string of the molecule is CSc1ccc(Oc2cc(C(=O)O)cc(Cl)n2)cc1. The zero-order valence-electron chi connectivity index (χ0n) is 9.96. The van der Waals surface area contributed by atoms with Gasteiger partial charge < -0.3 is 9.84 Å². The highest BCUT2D eigenvalue weighted by Crippen LogP contribution is 2.25. The monoisotopic (exact) mass is 295 g/mol. The number of rotatable bonds is 4. The van der Waals surface area contributed by atoms with Gasteiger partial charge in [0.1, 0.15) is 10.9 Å². The first-order valence-corrected chi connectivity index (χ1v) is 6.91. The highest BCUT2D eigenvalue weighted by atomic mass is 35.5. The number of hydrogen-bond donors (Lipinski definition) is 1. The van der Waals surface area contributed by atoms with E-state index < -0.39 is 5.97 Å². The van der Waals surface area contributed by atoms with E-state index in [0.717, 1.165) is 4.90 Å². The molecule has 0 amide bonds. The first kappa shape index (κ1) is 13.7. The van der Waals surface area contributed by atoms with Crippen LogP contribution in [0.1, 0.15) is 10.4 Å². The predicted octanol–water partition coefficient (Wildman–Crippen LogP) is 3.95. The highest BCUT2D eigenvalue weighted by molar-refractivity contribution is 7.98. The Bertz CT molecular complexity index is 601. The summed E-state index contributed by atoms with van der Waals surface area (Å²) in [6.07, 6.45) is 1.98. The number of halogens is 1. The van der Waals surface area contributed by atoms with E-state index in [1.165, 1.54) is 12.1 Å². The first-order chi connectivity index (χ1) is 9.08. The van der Waals surface area contributed by atoms with Gasteiger partial charge in [-0.3, -0.25) is 0 Å². The average Bonchev–Trinajstić information content (AvgIpc) is 2.39. The second-order valence-corrected chi connectivity index (χ2v) is 4.87. The lowest BCUT2D eigenvalue weighted by molar-refractivity contribution is 0.0696. The van der Waals surface area contributed by atoms with Crippen molar-refractivity contribution in [3.05, 3.63) is 47.1 Å². The number of aromatic carboxylic acids is 1. The van der Waals surface area contributed by atoms with E-state index in [1.807, 2.05) is 18.4 Å². The molecule has 1 heterocycles. The molecule has 0 unspecified atom stereocenters. The van der Waals surface area contributed by atoms with Crippen LogP contribution in [0.3, 0.4) is 0 Å². The molecule has 0 atom stereocenters. The summed E-state index contributed by atoms with van der Waals surface area (Å²) in [6.45, 7) is 0. The molecule has 0 aliphatic heterocycles. The minimum atomic E-state index is -1.08. The van der Waals surface area contributed by atoms with E-state index in [-0.39, 0.29) is 16.6 Å². The Hall–Kier alpha value is -1.72. The second-order valence-electron chi connectivity index (χ2n) is 3.60. The molecule has 0 bridgehead atoms. The molecule has 19 heavy (non-hydrogen) atoms. The van der Waals surface area contributed by atoms with Crippen LogP contribution in [0.15, 0.2) is 41.3 Å². The molecule has 0 saturated heterocycles. The lowest BCUT2D eigenvalue weighted by Gasteiger charge is -2.06. The lowest BCUT2D eigenvalue weighted by atomic mass is 10.3. The summed E-state index contributed by atoms with van der Waals surface area (Å²) < 4.78 is 5.48. The van der Waals surface area contributed by atoms with E-state index in [0.29, 0.717) is 5.75 Å². The standard InChI is InChI=1S/C13H10ClNO3S/c1-19-10-4-2-9(3-5-10)18-12-7-8(13(16)17)6-11(14)15-12/h2-7H,1H3,(H,16,17). The smallest absolute Gasteiger partial charge is 0.335 e. The van der Waals surface area contributed by atoms with Gasteiger partial charge >= 0.3 is 5.97 Å². The van der Waals surface area contributed by atoms with Crippen molar-refractivity contribution >= 4 is 29.3 Å². The van der Waals surface area contributed by atoms with Gasteiger partial charge in [-0.25, -0.2) is 9.78 Å². The van der Waals surface area contributed by atoms with Crippen molar-refractivity contribution < 1.29 is 14.6 Å². The molecule has 0 aliphatic carbocycles. The number of pyridine rings is 1. The van der Waals surface area contributed by atoms with Gasteiger partial charge in [0.25, 0.3) is 0 Å². The van der Waals surface area contributed by atoms with Gasteiger partial charge in [-0.2, -0.15) is 0 Å². The number of carbonyl (C=O) groups is 1. The topological polar surface area (TPSA) is 59.4 Å². The number of carboxylic acids is 1. The van der Waals surface area contributed by atoms with Crippen LogP contribution in [0.25, 0.3) is 0 Å². The van der Waals surface area contributed by atoms with E-state index in [1.54, 1.807) is 23.9 Å². The molecule has 4 nitrogen and oxygen atoms in total. The number of nitrogens with zero attached hydrogens (tertiary/aromatic N) is 1. The summed E-state index contributed by atoms with van der Waals surface area (Å²) in [5, 5.41) is 9.00. The van der Waals surface area contributed by atoms with Crippen molar-refractivity contribution in [1.29, 1.82) is 0 Å². The normalized spacial score (nSPS) is 10.2. The Morgan fingerprint density at radius 3 is 2.58 bits per heavy atom. The van der Waals surface area contributed by atoms with Crippen LogP contribution in [0.2, 0.25) is 5.15 Å². The zero-order chi connectivity index (χ0) is 13.8. The Kier molecular flexibility index (Phi) is 4.29. The molecule has 1 aromatic carbocycles. The summed E-state index contributed by atoms with van der Waals surface area (Å²) in [7, 11) is 0. The third-order valence-corrected chi connectivity index (χ3v) is 3.24. The van der Waals surface area contributed by atoms with E-state index in [4.69, 9.17) is 21.4 Å². The Morgan fingerprint density at radius 1 is 1.32 bits per heavy atom. The first-order valence-electron chi connectivity index (χ1n) is 5.31. The summed E-state index contributed by atoms with van der Waals surface area (Å²) >= 11 is 7.37. The number of carboxylic acid groups (broad SMARTS) is 1. The Balaban J connectivity index is 2.24. The molecule has 0 radical (unpaired) electrons. The van der Waals surface area contributed by atoms with Crippen molar-refractivity contribution in [2.24, 2.45) is 0 Å². The van der Waals surface area contributed by atoms with Gasteiger partial charge in [0.05, 0.1) is 5.56 Å². The second kappa shape index (κ2) is 5.95. The van der Waals surface area contributed by atoms with Crippen molar-refractivity contribution in [2.45, 2.75) is 4.90 Å². The maximum absolute atomic E-state index is 10.9. The molecule has 0 fully saturated rings. The van der Waals surface area contributed by atoms with Gasteiger partial charge in [-0.05, 0) is 36.6 Å². The van der Waals surface area contributed by atoms with Gasteiger partial charge in [-0.15, -0.1) is 11.8 Å². The van der Waals surface area contributed by atoms with Crippen LogP contribution in [0.4, 0.5) is 0 Å². The molecule has 0 aliphatic rings. The van der Waals surface area contributed by atoms with Gasteiger partial charge in [0.2, 0.25) is 5.88 Å². The minimum absolute atomic E-state index is 0.0377. The molecule has 1 N–H and O–H groups in total. The van der Waals surface area contributed by atoms with Crippen LogP contribution in [0, 0.1) is 0 Å². The van der Waals surface area contributed by atoms with Crippen LogP contribution in [-0.2, 0) is 0 Å². The fourth-order valence-corrected chi connectivity index (χ4v) is 2.02. The molecule has 2 aromatic rings. The molecule has 1 aromatic heterocycles. The summed E-state index contributed by atoms with van der Waals surface area (Å²) in [4.78, 5) is 15.9. The van der Waals surface area contributed by atoms with Crippen LogP contribution < -0.4 is 4.74 Å². The highest BCUT2D eigenvalue weighted by Gasteiger charge is 2.09. The average molecular weight is 296 g/mol. The summed E-state index contributed by atoms with van der Waals surface area (Å²) in [6, 6.07) is 9.99. The number of aromatic nitrogens is 1. The van der Waals surface area contributed by atoms with Gasteiger partial charge in [0.15, 0.2) is 0 Å². The lowest BCUT2D eigenvalue weighted by Crippen LogP contribution is -1.98. The summed E-state index contributed by atoms with van der Waals surface area (Å²) in [5.41, 5.74) is 0.0377. The molecule has 0 spiro atoms.